The summed E-state index contributed by atoms with van der Waals surface area (Å²) in [5.41, 5.74) is -1.04. The first kappa shape index (κ1) is 24.7. The molecular formula is C16H13KN4O7S2. The van der Waals surface area contributed by atoms with Crippen molar-refractivity contribution in [2.45, 2.75) is 6.54 Å². The summed E-state index contributed by atoms with van der Waals surface area (Å²) in [5, 5.41) is 14.0. The Bertz CT molecular complexity index is 1280. The molecular weight excluding hydrogens is 463 g/mol. The fraction of sp³-hybridized carbons (Fsp3) is 0.188. The minimum Gasteiger partial charge on any atom is -0.748 e. The monoisotopic (exact) mass is 476 g/mol. The minimum atomic E-state index is -4.61. The summed E-state index contributed by atoms with van der Waals surface area (Å²) in [6.45, 7) is -0.514. The van der Waals surface area contributed by atoms with Crippen LogP contribution in [0.2, 0.25) is 0 Å². The second-order valence-electron chi connectivity index (χ2n) is 5.89. The number of hydrogen-bond acceptors (Lipinski definition) is 10. The Balaban J connectivity index is 0.00000320. The zero-order valence-corrected chi connectivity index (χ0v) is 20.6. The first-order valence-electron chi connectivity index (χ1n) is 7.99. The molecule has 0 bridgehead atoms. The number of rotatable bonds is 5. The number of carbonyl (C=O) groups is 1. The summed E-state index contributed by atoms with van der Waals surface area (Å²) >= 11 is 5.04. The van der Waals surface area contributed by atoms with Crippen LogP contribution in [0.1, 0.15) is 11.3 Å². The van der Waals surface area contributed by atoms with Gasteiger partial charge in [0.2, 0.25) is 5.88 Å². The molecule has 0 spiro atoms. The normalized spacial score (nSPS) is 14.9. The van der Waals surface area contributed by atoms with E-state index < -0.39 is 39.8 Å². The van der Waals surface area contributed by atoms with E-state index in [9.17, 15) is 27.7 Å². The van der Waals surface area contributed by atoms with E-state index in [-0.39, 0.29) is 73.0 Å². The molecule has 1 N–H and O–H groups in total. The van der Waals surface area contributed by atoms with Gasteiger partial charge in [0.1, 0.15) is 11.3 Å². The summed E-state index contributed by atoms with van der Waals surface area (Å²) < 4.78 is 34.5. The Labute approximate surface area is 217 Å². The fourth-order valence-electron chi connectivity index (χ4n) is 2.55. The third-order valence-corrected chi connectivity index (χ3v) is 5.18. The largest absolute Gasteiger partial charge is 1.00 e. The molecule has 0 radical (unpaired) electrons. The summed E-state index contributed by atoms with van der Waals surface area (Å²) in [6.07, 6.45) is 2.52. The molecule has 0 aromatic carbocycles. The van der Waals surface area contributed by atoms with E-state index in [1.807, 2.05) is 0 Å². The predicted octanol–water partition coefficient (Wildman–Crippen LogP) is -3.09. The van der Waals surface area contributed by atoms with Gasteiger partial charge in [-0.15, -0.1) is 0 Å². The SMILES string of the molecule is Cn1c(O)c(/C=C2\C(=O)ON=C2c2ccccn2)c(=O)n(CCS(=O)(=O)[O-])c1=S.[K+]. The maximum atomic E-state index is 12.8. The van der Waals surface area contributed by atoms with Gasteiger partial charge in [-0.1, -0.05) is 11.2 Å². The van der Waals surface area contributed by atoms with Crippen molar-refractivity contribution in [3.63, 3.8) is 0 Å². The van der Waals surface area contributed by atoms with Crippen LogP contribution in [-0.2, 0) is 33.3 Å². The van der Waals surface area contributed by atoms with Crippen LogP contribution in [0, 0.1) is 4.77 Å². The maximum Gasteiger partial charge on any atom is 1.00 e. The van der Waals surface area contributed by atoms with Gasteiger partial charge >= 0.3 is 57.4 Å². The van der Waals surface area contributed by atoms with Crippen molar-refractivity contribution in [3.8, 4) is 5.88 Å². The Morgan fingerprint density at radius 2 is 2.03 bits per heavy atom. The molecule has 1 aliphatic heterocycles. The Morgan fingerprint density at radius 1 is 1.33 bits per heavy atom. The molecule has 11 nitrogen and oxygen atoms in total. The van der Waals surface area contributed by atoms with E-state index in [4.69, 9.17) is 12.2 Å². The number of aromatic hydroxyl groups is 1. The standard InChI is InChI=1S/C16H14N4O7S2.K/c1-19-13(21)10(14(22)20(16(19)28)6-7-29(24,25)26)8-9-12(18-27-15(9)23)11-4-2-3-5-17-11;/h2-5,8,21H,6-7H2,1H3,(H,24,25,26);/q;+1/p-1/b9-8-;. The van der Waals surface area contributed by atoms with Crippen molar-refractivity contribution in [3.05, 3.63) is 56.4 Å². The van der Waals surface area contributed by atoms with Crippen LogP contribution in [0.3, 0.4) is 0 Å². The van der Waals surface area contributed by atoms with Crippen LogP contribution in [0.15, 0.2) is 39.9 Å². The number of hydrogen-bond donors (Lipinski definition) is 1. The Kier molecular flexibility index (Phi) is 8.03. The average molecular weight is 477 g/mol. The summed E-state index contributed by atoms with van der Waals surface area (Å²) in [7, 11) is -3.28. The smallest absolute Gasteiger partial charge is 0.748 e. The summed E-state index contributed by atoms with van der Waals surface area (Å²) in [6, 6.07) is 4.88. The molecule has 3 rings (SSSR count). The molecule has 0 unspecified atom stereocenters. The number of aromatic nitrogens is 3. The molecule has 0 fully saturated rings. The minimum absolute atomic E-state index is 0. The van der Waals surface area contributed by atoms with E-state index in [1.54, 1.807) is 18.2 Å². The maximum absolute atomic E-state index is 12.8. The van der Waals surface area contributed by atoms with Crippen LogP contribution < -0.4 is 56.9 Å². The Hall–Kier alpha value is -1.52. The van der Waals surface area contributed by atoms with Gasteiger partial charge in [-0.05, 0) is 30.4 Å². The first-order valence-corrected chi connectivity index (χ1v) is 9.98. The molecule has 30 heavy (non-hydrogen) atoms. The topological polar surface area (TPSA) is 156 Å². The molecule has 2 aromatic rings. The quantitative estimate of drug-likeness (QED) is 0.155. The second kappa shape index (κ2) is 9.74. The van der Waals surface area contributed by atoms with Gasteiger partial charge in [-0.3, -0.25) is 18.9 Å². The van der Waals surface area contributed by atoms with Gasteiger partial charge in [0.15, 0.2) is 4.77 Å². The van der Waals surface area contributed by atoms with Crippen molar-refractivity contribution in [1.29, 1.82) is 0 Å². The van der Waals surface area contributed by atoms with Gasteiger partial charge < -0.3 is 14.5 Å². The molecule has 0 saturated heterocycles. The molecule has 0 atom stereocenters. The first-order chi connectivity index (χ1) is 13.6. The van der Waals surface area contributed by atoms with Gasteiger partial charge in [-0.2, -0.15) is 0 Å². The number of pyridine rings is 1. The molecule has 0 saturated carbocycles. The van der Waals surface area contributed by atoms with Crippen molar-refractivity contribution in [2.24, 2.45) is 12.2 Å². The van der Waals surface area contributed by atoms with Crippen LogP contribution >= 0.6 is 12.2 Å². The van der Waals surface area contributed by atoms with E-state index >= 15 is 0 Å². The second-order valence-corrected chi connectivity index (χ2v) is 7.78. The van der Waals surface area contributed by atoms with E-state index in [0.717, 1.165) is 15.2 Å². The fourth-order valence-corrected chi connectivity index (χ4v) is 3.21. The summed E-state index contributed by atoms with van der Waals surface area (Å²) in [4.78, 5) is 33.6. The van der Waals surface area contributed by atoms with Crippen molar-refractivity contribution in [1.82, 2.24) is 14.1 Å². The number of nitrogens with zero attached hydrogens (tertiary/aromatic N) is 4. The summed E-state index contributed by atoms with van der Waals surface area (Å²) in [5.74, 6) is -2.31. The van der Waals surface area contributed by atoms with Crippen molar-refractivity contribution in [2.75, 3.05) is 5.75 Å². The van der Waals surface area contributed by atoms with Gasteiger partial charge in [-0.25, -0.2) is 13.2 Å². The van der Waals surface area contributed by atoms with E-state index in [1.165, 1.54) is 13.2 Å². The van der Waals surface area contributed by atoms with E-state index in [2.05, 4.69) is 15.0 Å². The third-order valence-electron chi connectivity index (χ3n) is 4.01. The molecule has 3 heterocycles. The molecule has 1 aliphatic rings. The predicted molar refractivity (Wildman–Crippen MR) is 102 cm³/mol. The molecule has 0 amide bonds. The number of oxime groups is 1. The van der Waals surface area contributed by atoms with Gasteiger partial charge in [0.25, 0.3) is 5.56 Å². The van der Waals surface area contributed by atoms with E-state index in [0.29, 0.717) is 5.69 Å². The van der Waals surface area contributed by atoms with Crippen LogP contribution in [0.25, 0.3) is 6.08 Å². The molecule has 152 valence electrons. The van der Waals surface area contributed by atoms with Crippen LogP contribution in [-0.4, -0.2) is 49.6 Å². The van der Waals surface area contributed by atoms with Crippen LogP contribution in [0.4, 0.5) is 0 Å². The van der Waals surface area contributed by atoms with Crippen molar-refractivity contribution < 1.29 is 79.1 Å². The average Bonchev–Trinajstić information content (AvgIpc) is 3.03. The number of carbonyl (C=O) groups excluding carboxylic acids is 1. The van der Waals surface area contributed by atoms with Gasteiger partial charge in [0, 0.05) is 19.8 Å². The zero-order chi connectivity index (χ0) is 21.3. The van der Waals surface area contributed by atoms with Gasteiger partial charge in [0.05, 0.1) is 27.1 Å². The van der Waals surface area contributed by atoms with Crippen LogP contribution in [0.5, 0.6) is 5.88 Å². The molecule has 0 aliphatic carbocycles. The zero-order valence-electron chi connectivity index (χ0n) is 15.8. The third kappa shape index (κ3) is 5.20. The molecule has 2 aromatic heterocycles. The Morgan fingerprint density at radius 3 is 2.63 bits per heavy atom. The van der Waals surface area contributed by atoms with Crippen molar-refractivity contribution >= 4 is 40.1 Å². The molecule has 14 heteroatoms.